The molecule has 0 amide bonds. The Balaban J connectivity index is 1.85. The summed E-state index contributed by atoms with van der Waals surface area (Å²) in [5, 5.41) is 0.845. The second-order valence-corrected chi connectivity index (χ2v) is 6.20. The zero-order valence-electron chi connectivity index (χ0n) is 12.6. The molecular formula is C16H26ClN3. The van der Waals surface area contributed by atoms with Crippen molar-refractivity contribution >= 4 is 17.3 Å². The lowest BCUT2D eigenvalue weighted by Gasteiger charge is -2.38. The van der Waals surface area contributed by atoms with Crippen molar-refractivity contribution < 1.29 is 0 Å². The van der Waals surface area contributed by atoms with E-state index in [0.29, 0.717) is 5.92 Å². The standard InChI is InChI=1S/C16H26ClN3/c1-3-13(2)15(18)12-19-8-10-20(11-9-19)16-7-5-4-6-14(16)17/h4-7,13,15H,3,8-12,18H2,1-2H3. The van der Waals surface area contributed by atoms with E-state index >= 15 is 0 Å². The van der Waals surface area contributed by atoms with E-state index < -0.39 is 0 Å². The van der Waals surface area contributed by atoms with Crippen LogP contribution in [0.1, 0.15) is 20.3 Å². The Hall–Kier alpha value is -0.770. The highest BCUT2D eigenvalue weighted by atomic mass is 35.5. The quantitative estimate of drug-likeness (QED) is 0.907. The van der Waals surface area contributed by atoms with E-state index in [0.717, 1.165) is 49.9 Å². The molecule has 0 radical (unpaired) electrons. The molecule has 4 heteroatoms. The van der Waals surface area contributed by atoms with Crippen LogP contribution in [0, 0.1) is 5.92 Å². The summed E-state index contributed by atoms with van der Waals surface area (Å²) in [7, 11) is 0. The van der Waals surface area contributed by atoms with Gasteiger partial charge in [-0.1, -0.05) is 44.0 Å². The van der Waals surface area contributed by atoms with Gasteiger partial charge in [0.2, 0.25) is 0 Å². The number of nitrogens with zero attached hydrogens (tertiary/aromatic N) is 2. The lowest BCUT2D eigenvalue weighted by Crippen LogP contribution is -2.51. The van der Waals surface area contributed by atoms with Gasteiger partial charge in [-0.05, 0) is 18.1 Å². The van der Waals surface area contributed by atoms with Gasteiger partial charge in [0, 0.05) is 38.8 Å². The second-order valence-electron chi connectivity index (χ2n) is 5.79. The van der Waals surface area contributed by atoms with Crippen LogP contribution in [0.3, 0.4) is 0 Å². The van der Waals surface area contributed by atoms with E-state index in [9.17, 15) is 0 Å². The summed E-state index contributed by atoms with van der Waals surface area (Å²) in [6.45, 7) is 9.63. The van der Waals surface area contributed by atoms with Gasteiger partial charge in [0.05, 0.1) is 10.7 Å². The normalized spacial score (nSPS) is 19.9. The van der Waals surface area contributed by atoms with Gasteiger partial charge in [0.25, 0.3) is 0 Å². The molecule has 1 aromatic carbocycles. The van der Waals surface area contributed by atoms with E-state index in [1.165, 1.54) is 0 Å². The van der Waals surface area contributed by atoms with Crippen molar-refractivity contribution in [2.24, 2.45) is 11.7 Å². The predicted molar refractivity (Wildman–Crippen MR) is 87.5 cm³/mol. The van der Waals surface area contributed by atoms with Crippen LogP contribution in [0.15, 0.2) is 24.3 Å². The summed E-state index contributed by atoms with van der Waals surface area (Å²) < 4.78 is 0. The number of para-hydroxylation sites is 1. The highest BCUT2D eigenvalue weighted by molar-refractivity contribution is 6.33. The molecule has 3 nitrogen and oxygen atoms in total. The van der Waals surface area contributed by atoms with Crippen molar-refractivity contribution in [1.29, 1.82) is 0 Å². The maximum Gasteiger partial charge on any atom is 0.0639 e. The molecule has 1 saturated heterocycles. The molecule has 20 heavy (non-hydrogen) atoms. The average molecular weight is 296 g/mol. The zero-order valence-corrected chi connectivity index (χ0v) is 13.3. The SMILES string of the molecule is CCC(C)C(N)CN1CCN(c2ccccc2Cl)CC1. The number of hydrogen-bond donors (Lipinski definition) is 1. The molecule has 1 aliphatic heterocycles. The molecule has 2 atom stereocenters. The Labute approximate surface area is 127 Å². The van der Waals surface area contributed by atoms with Crippen molar-refractivity contribution in [3.05, 3.63) is 29.3 Å². The Bertz CT molecular complexity index is 416. The van der Waals surface area contributed by atoms with Crippen LogP contribution in [0.5, 0.6) is 0 Å². The van der Waals surface area contributed by atoms with Crippen LogP contribution in [-0.4, -0.2) is 43.7 Å². The fourth-order valence-electron chi connectivity index (χ4n) is 2.66. The smallest absolute Gasteiger partial charge is 0.0639 e. The molecule has 1 heterocycles. The van der Waals surface area contributed by atoms with Gasteiger partial charge >= 0.3 is 0 Å². The van der Waals surface area contributed by atoms with Gasteiger partial charge in [-0.3, -0.25) is 4.90 Å². The first-order chi connectivity index (χ1) is 9.61. The highest BCUT2D eigenvalue weighted by Crippen LogP contribution is 2.26. The summed E-state index contributed by atoms with van der Waals surface area (Å²) in [5.41, 5.74) is 7.40. The summed E-state index contributed by atoms with van der Waals surface area (Å²) >= 11 is 6.26. The number of hydrogen-bond acceptors (Lipinski definition) is 3. The van der Waals surface area contributed by atoms with Crippen molar-refractivity contribution in [3.63, 3.8) is 0 Å². The predicted octanol–water partition coefficient (Wildman–Crippen LogP) is 2.84. The van der Waals surface area contributed by atoms with Gasteiger partial charge < -0.3 is 10.6 Å². The molecule has 2 unspecified atom stereocenters. The van der Waals surface area contributed by atoms with E-state index in [-0.39, 0.29) is 6.04 Å². The number of benzene rings is 1. The number of anilines is 1. The molecule has 1 aliphatic rings. The number of halogens is 1. The molecule has 0 saturated carbocycles. The van der Waals surface area contributed by atoms with Crippen LogP contribution in [0.25, 0.3) is 0 Å². The molecule has 0 bridgehead atoms. The van der Waals surface area contributed by atoms with E-state index in [2.05, 4.69) is 29.7 Å². The number of rotatable bonds is 5. The van der Waals surface area contributed by atoms with Crippen molar-refractivity contribution in [3.8, 4) is 0 Å². The van der Waals surface area contributed by atoms with E-state index in [1.54, 1.807) is 0 Å². The third kappa shape index (κ3) is 3.87. The molecule has 112 valence electrons. The summed E-state index contributed by atoms with van der Waals surface area (Å²) in [6.07, 6.45) is 1.15. The Morgan fingerprint density at radius 2 is 1.85 bits per heavy atom. The van der Waals surface area contributed by atoms with Crippen LogP contribution >= 0.6 is 11.6 Å². The fraction of sp³-hybridized carbons (Fsp3) is 0.625. The minimum atomic E-state index is 0.284. The third-order valence-corrected chi connectivity index (χ3v) is 4.73. The molecular weight excluding hydrogens is 270 g/mol. The van der Waals surface area contributed by atoms with E-state index in [1.807, 2.05) is 18.2 Å². The lowest BCUT2D eigenvalue weighted by molar-refractivity contribution is 0.220. The molecule has 2 rings (SSSR count). The third-order valence-electron chi connectivity index (χ3n) is 4.41. The summed E-state index contributed by atoms with van der Waals surface area (Å²) in [6, 6.07) is 8.37. The Morgan fingerprint density at radius 1 is 1.20 bits per heavy atom. The molecule has 1 fully saturated rings. The van der Waals surface area contributed by atoms with Crippen LogP contribution < -0.4 is 10.6 Å². The second kappa shape index (κ2) is 7.30. The van der Waals surface area contributed by atoms with Gasteiger partial charge in [-0.25, -0.2) is 0 Å². The van der Waals surface area contributed by atoms with Crippen molar-refractivity contribution in [1.82, 2.24) is 4.90 Å². The van der Waals surface area contributed by atoms with Crippen LogP contribution in [-0.2, 0) is 0 Å². The molecule has 0 aromatic heterocycles. The van der Waals surface area contributed by atoms with Crippen molar-refractivity contribution in [2.75, 3.05) is 37.6 Å². The molecule has 1 aromatic rings. The summed E-state index contributed by atoms with van der Waals surface area (Å²) in [4.78, 5) is 4.85. The van der Waals surface area contributed by atoms with Gasteiger partial charge in [0.1, 0.15) is 0 Å². The van der Waals surface area contributed by atoms with Crippen LogP contribution in [0.2, 0.25) is 5.02 Å². The fourth-order valence-corrected chi connectivity index (χ4v) is 2.92. The number of nitrogens with two attached hydrogens (primary N) is 1. The Kier molecular flexibility index (Phi) is 5.70. The Morgan fingerprint density at radius 3 is 2.45 bits per heavy atom. The maximum absolute atomic E-state index is 6.26. The monoisotopic (exact) mass is 295 g/mol. The largest absolute Gasteiger partial charge is 0.368 e. The molecule has 0 aliphatic carbocycles. The lowest BCUT2D eigenvalue weighted by atomic mass is 9.99. The molecule has 2 N–H and O–H groups in total. The molecule has 0 spiro atoms. The maximum atomic E-state index is 6.26. The van der Waals surface area contributed by atoms with Gasteiger partial charge in [-0.15, -0.1) is 0 Å². The van der Waals surface area contributed by atoms with Crippen LogP contribution in [0.4, 0.5) is 5.69 Å². The summed E-state index contributed by atoms with van der Waals surface area (Å²) in [5.74, 6) is 0.594. The first-order valence-electron chi connectivity index (χ1n) is 7.59. The minimum absolute atomic E-state index is 0.284. The first kappa shape index (κ1) is 15.6. The van der Waals surface area contributed by atoms with Gasteiger partial charge in [-0.2, -0.15) is 0 Å². The average Bonchev–Trinajstić information content (AvgIpc) is 2.48. The zero-order chi connectivity index (χ0) is 14.5. The van der Waals surface area contributed by atoms with Crippen molar-refractivity contribution in [2.45, 2.75) is 26.3 Å². The van der Waals surface area contributed by atoms with E-state index in [4.69, 9.17) is 17.3 Å². The van der Waals surface area contributed by atoms with Gasteiger partial charge in [0.15, 0.2) is 0 Å². The minimum Gasteiger partial charge on any atom is -0.368 e. The highest BCUT2D eigenvalue weighted by Gasteiger charge is 2.21. The first-order valence-corrected chi connectivity index (χ1v) is 7.97. The topological polar surface area (TPSA) is 32.5 Å². The number of piperazine rings is 1.